The number of aromatic nitrogens is 2. The van der Waals surface area contributed by atoms with Gasteiger partial charge < -0.3 is 9.47 Å². The van der Waals surface area contributed by atoms with Crippen molar-refractivity contribution < 1.29 is 9.47 Å². The summed E-state index contributed by atoms with van der Waals surface area (Å²) in [7, 11) is 0. The van der Waals surface area contributed by atoms with Gasteiger partial charge in [-0.3, -0.25) is 10.5 Å². The second-order valence-electron chi connectivity index (χ2n) is 5.10. The second kappa shape index (κ2) is 6.15. The number of hydrogen-bond donors (Lipinski definition) is 2. The summed E-state index contributed by atoms with van der Waals surface area (Å²) in [6.45, 7) is 3.46. The fourth-order valence-electron chi connectivity index (χ4n) is 2.51. The average molecular weight is 288 g/mol. The molecule has 3 N–H and O–H groups in total. The van der Waals surface area contributed by atoms with Crippen molar-refractivity contribution in [3.63, 3.8) is 0 Å². The maximum Gasteiger partial charge on any atom is 0.161 e. The Morgan fingerprint density at radius 2 is 2.24 bits per heavy atom. The van der Waals surface area contributed by atoms with Gasteiger partial charge >= 0.3 is 0 Å². The van der Waals surface area contributed by atoms with Crippen molar-refractivity contribution in [1.82, 2.24) is 15.2 Å². The zero-order chi connectivity index (χ0) is 14.7. The number of hydrazine groups is 1. The van der Waals surface area contributed by atoms with Gasteiger partial charge in [0.2, 0.25) is 0 Å². The molecule has 1 aromatic heterocycles. The lowest BCUT2D eigenvalue weighted by Crippen LogP contribution is -2.44. The molecule has 1 aromatic carbocycles. The van der Waals surface area contributed by atoms with Gasteiger partial charge in [0.05, 0.1) is 12.2 Å². The van der Waals surface area contributed by atoms with Crippen molar-refractivity contribution in [3.05, 3.63) is 42.2 Å². The van der Waals surface area contributed by atoms with E-state index in [-0.39, 0.29) is 12.1 Å². The van der Waals surface area contributed by atoms with Crippen LogP contribution in [-0.4, -0.2) is 22.5 Å². The summed E-state index contributed by atoms with van der Waals surface area (Å²) in [4.78, 5) is 0. The normalized spacial score (nSPS) is 18.5. The topological polar surface area (TPSA) is 74.3 Å². The molecule has 2 unspecified atom stereocenters. The molecule has 6 nitrogen and oxygen atoms in total. The maximum absolute atomic E-state index is 6.00. The molecule has 0 bridgehead atoms. The van der Waals surface area contributed by atoms with Crippen molar-refractivity contribution in [3.8, 4) is 11.5 Å². The number of fused-ring (bicyclic) bond motifs is 1. The number of hydrogen-bond acceptors (Lipinski definition) is 5. The summed E-state index contributed by atoms with van der Waals surface area (Å²) in [5.74, 6) is 7.23. The Hall–Kier alpha value is -2.05. The van der Waals surface area contributed by atoms with Gasteiger partial charge in [-0.25, -0.2) is 5.43 Å². The number of nitrogens with two attached hydrogens (primary N) is 1. The highest BCUT2D eigenvalue weighted by Crippen LogP contribution is 2.34. The van der Waals surface area contributed by atoms with E-state index in [1.54, 1.807) is 0 Å². The van der Waals surface area contributed by atoms with E-state index >= 15 is 0 Å². The van der Waals surface area contributed by atoms with Crippen LogP contribution in [0, 0.1) is 0 Å². The molecule has 112 valence electrons. The van der Waals surface area contributed by atoms with Crippen LogP contribution in [0.5, 0.6) is 11.5 Å². The molecule has 2 atom stereocenters. The first kappa shape index (κ1) is 13.9. The second-order valence-corrected chi connectivity index (χ2v) is 5.10. The first-order chi connectivity index (χ1) is 10.3. The van der Waals surface area contributed by atoms with E-state index in [1.807, 2.05) is 41.3 Å². The summed E-state index contributed by atoms with van der Waals surface area (Å²) in [5.41, 5.74) is 3.81. The van der Waals surface area contributed by atoms with Crippen LogP contribution in [0.1, 0.15) is 24.9 Å². The van der Waals surface area contributed by atoms with Gasteiger partial charge in [0.15, 0.2) is 17.6 Å². The number of nitrogens with zero attached hydrogens (tertiary/aromatic N) is 2. The van der Waals surface area contributed by atoms with Gasteiger partial charge in [0.25, 0.3) is 0 Å². The molecule has 0 amide bonds. The van der Waals surface area contributed by atoms with Crippen LogP contribution >= 0.6 is 0 Å². The van der Waals surface area contributed by atoms with Gasteiger partial charge in [0, 0.05) is 18.3 Å². The fourth-order valence-corrected chi connectivity index (χ4v) is 2.51. The highest BCUT2D eigenvalue weighted by molar-refractivity contribution is 5.41. The number of aryl methyl sites for hydroxylation is 1. The summed E-state index contributed by atoms with van der Waals surface area (Å²) < 4.78 is 13.7. The zero-order valence-corrected chi connectivity index (χ0v) is 12.0. The highest BCUT2D eigenvalue weighted by atomic mass is 16.6. The van der Waals surface area contributed by atoms with Crippen molar-refractivity contribution >= 4 is 0 Å². The quantitative estimate of drug-likeness (QED) is 0.646. The third-order valence-corrected chi connectivity index (χ3v) is 3.55. The van der Waals surface area contributed by atoms with Gasteiger partial charge in [-0.2, -0.15) is 5.10 Å². The Kier molecular flexibility index (Phi) is 4.08. The number of ether oxygens (including phenoxy) is 2. The third-order valence-electron chi connectivity index (χ3n) is 3.55. The van der Waals surface area contributed by atoms with E-state index in [0.717, 1.165) is 30.0 Å². The molecule has 21 heavy (non-hydrogen) atoms. The van der Waals surface area contributed by atoms with E-state index in [9.17, 15) is 0 Å². The molecule has 1 aliphatic heterocycles. The van der Waals surface area contributed by atoms with E-state index in [2.05, 4.69) is 17.4 Å². The van der Waals surface area contributed by atoms with Crippen LogP contribution < -0.4 is 20.7 Å². The van der Waals surface area contributed by atoms with E-state index < -0.39 is 0 Å². The van der Waals surface area contributed by atoms with Crippen LogP contribution in [-0.2, 0) is 6.54 Å². The monoisotopic (exact) mass is 288 g/mol. The van der Waals surface area contributed by atoms with Crippen molar-refractivity contribution in [2.24, 2.45) is 5.84 Å². The maximum atomic E-state index is 6.00. The number of rotatable bonds is 5. The number of nitrogens with one attached hydrogen (secondary N) is 1. The minimum atomic E-state index is -0.191. The molecule has 0 fully saturated rings. The van der Waals surface area contributed by atoms with E-state index in [1.165, 1.54) is 0 Å². The summed E-state index contributed by atoms with van der Waals surface area (Å²) in [6.07, 6.45) is 4.67. The molecule has 2 heterocycles. The Morgan fingerprint density at radius 1 is 1.43 bits per heavy atom. The zero-order valence-electron chi connectivity index (χ0n) is 12.0. The lowest BCUT2D eigenvalue weighted by molar-refractivity contribution is 0.0617. The fraction of sp³-hybridized carbons (Fsp3) is 0.400. The molecule has 0 saturated heterocycles. The summed E-state index contributed by atoms with van der Waals surface area (Å²) >= 11 is 0. The van der Waals surface area contributed by atoms with E-state index in [4.69, 9.17) is 15.3 Å². The minimum Gasteiger partial charge on any atom is -0.486 e. The third kappa shape index (κ3) is 2.86. The van der Waals surface area contributed by atoms with E-state index in [0.29, 0.717) is 6.61 Å². The Bertz CT molecular complexity index is 599. The van der Waals surface area contributed by atoms with Crippen molar-refractivity contribution in [1.29, 1.82) is 0 Å². The smallest absolute Gasteiger partial charge is 0.161 e. The van der Waals surface area contributed by atoms with Gasteiger partial charge in [0.1, 0.15) is 6.61 Å². The summed E-state index contributed by atoms with van der Waals surface area (Å²) in [6, 6.07) is 7.49. The Labute approximate surface area is 123 Å². The standard InChI is InChI=1S/C15H20N4O2/c1-2-7-19-9-11(8-17-19)15(18-16)14-10-20-12-5-3-4-6-13(12)21-14/h3-6,8-9,14-15,18H,2,7,10,16H2,1H3. The molecule has 0 spiro atoms. The predicted octanol–water partition coefficient (Wildman–Crippen LogP) is 1.64. The largest absolute Gasteiger partial charge is 0.486 e. The van der Waals surface area contributed by atoms with Crippen LogP contribution in [0.15, 0.2) is 36.7 Å². The Balaban J connectivity index is 1.77. The first-order valence-electron chi connectivity index (χ1n) is 7.18. The Morgan fingerprint density at radius 3 is 3.00 bits per heavy atom. The van der Waals surface area contributed by atoms with Crippen LogP contribution in [0.4, 0.5) is 0 Å². The SMILES string of the molecule is CCCn1cc(C(NN)C2COc3ccccc3O2)cn1. The average Bonchev–Trinajstić information content (AvgIpc) is 2.97. The van der Waals surface area contributed by atoms with Crippen LogP contribution in [0.25, 0.3) is 0 Å². The van der Waals surface area contributed by atoms with Crippen LogP contribution in [0.3, 0.4) is 0 Å². The molecule has 2 aromatic rings. The lowest BCUT2D eigenvalue weighted by atomic mass is 10.1. The molecule has 1 aliphatic rings. The van der Waals surface area contributed by atoms with Gasteiger partial charge in [-0.05, 0) is 18.6 Å². The molecule has 0 radical (unpaired) electrons. The summed E-state index contributed by atoms with van der Waals surface area (Å²) in [5, 5.41) is 4.34. The molecule has 3 rings (SSSR count). The molecule has 0 saturated carbocycles. The molecular weight excluding hydrogens is 268 g/mol. The predicted molar refractivity (Wildman–Crippen MR) is 78.9 cm³/mol. The van der Waals surface area contributed by atoms with Gasteiger partial charge in [-0.15, -0.1) is 0 Å². The molecular formula is C15H20N4O2. The molecule has 6 heteroatoms. The van der Waals surface area contributed by atoms with Crippen LogP contribution in [0.2, 0.25) is 0 Å². The minimum absolute atomic E-state index is 0.163. The van der Waals surface area contributed by atoms with Crippen molar-refractivity contribution in [2.75, 3.05) is 6.61 Å². The van der Waals surface area contributed by atoms with Crippen molar-refractivity contribution in [2.45, 2.75) is 32.0 Å². The number of benzene rings is 1. The lowest BCUT2D eigenvalue weighted by Gasteiger charge is -2.31. The first-order valence-corrected chi connectivity index (χ1v) is 7.18. The molecule has 0 aliphatic carbocycles. The highest BCUT2D eigenvalue weighted by Gasteiger charge is 2.30. The number of para-hydroxylation sites is 2. The van der Waals surface area contributed by atoms with Gasteiger partial charge in [-0.1, -0.05) is 19.1 Å².